The first-order valence-electron chi connectivity index (χ1n) is 12.7. The molecule has 0 aliphatic carbocycles. The number of thiazole rings is 1. The molecule has 1 aromatic heterocycles. The zero-order valence-electron chi connectivity index (χ0n) is 21.9. The summed E-state index contributed by atoms with van der Waals surface area (Å²) in [6, 6.07) is 11.6. The van der Waals surface area contributed by atoms with Crippen molar-refractivity contribution in [3.05, 3.63) is 100 Å². The number of nitro groups is 1. The number of carbonyl (C=O) groups excluding carboxylic acids is 1. The van der Waals surface area contributed by atoms with E-state index in [9.17, 15) is 19.7 Å². The maximum Gasteiger partial charge on any atom is 0.338 e. The monoisotopic (exact) mass is 548 g/mol. The fraction of sp³-hybridized carbons (Fsp3) is 0.321. The van der Waals surface area contributed by atoms with E-state index in [-0.39, 0.29) is 17.9 Å². The molecular weight excluding hydrogens is 520 g/mol. The molecule has 202 valence electrons. The van der Waals surface area contributed by atoms with Crippen LogP contribution in [0.2, 0.25) is 0 Å². The van der Waals surface area contributed by atoms with Crippen LogP contribution >= 0.6 is 11.3 Å². The molecule has 2 aliphatic heterocycles. The number of morpholine rings is 1. The van der Waals surface area contributed by atoms with Gasteiger partial charge in [0.2, 0.25) is 0 Å². The summed E-state index contributed by atoms with van der Waals surface area (Å²) >= 11 is 1.19. The molecule has 0 amide bonds. The summed E-state index contributed by atoms with van der Waals surface area (Å²) in [5, 5.41) is 11.6. The van der Waals surface area contributed by atoms with Crippen molar-refractivity contribution in [2.45, 2.75) is 26.8 Å². The zero-order valence-corrected chi connectivity index (χ0v) is 22.7. The summed E-state index contributed by atoms with van der Waals surface area (Å²) < 4.78 is 12.7. The van der Waals surface area contributed by atoms with Crippen molar-refractivity contribution < 1.29 is 19.2 Å². The molecule has 39 heavy (non-hydrogen) atoms. The average molecular weight is 549 g/mol. The highest BCUT2D eigenvalue weighted by Gasteiger charge is 2.33. The summed E-state index contributed by atoms with van der Waals surface area (Å²) in [5.74, 6) is -0.521. The lowest BCUT2D eigenvalue weighted by molar-refractivity contribution is -0.384. The predicted octanol–water partition coefficient (Wildman–Crippen LogP) is 2.85. The van der Waals surface area contributed by atoms with Crippen LogP contribution in [-0.2, 0) is 14.3 Å². The lowest BCUT2D eigenvalue weighted by Crippen LogP contribution is -2.40. The van der Waals surface area contributed by atoms with E-state index in [4.69, 9.17) is 9.47 Å². The van der Waals surface area contributed by atoms with E-state index in [0.717, 1.165) is 16.8 Å². The van der Waals surface area contributed by atoms with Crippen LogP contribution in [0.4, 0.5) is 11.4 Å². The van der Waals surface area contributed by atoms with Crippen LogP contribution in [0.3, 0.4) is 0 Å². The Hall–Kier alpha value is -4.09. The number of esters is 1. The van der Waals surface area contributed by atoms with E-state index < -0.39 is 16.9 Å². The second kappa shape index (κ2) is 11.0. The van der Waals surface area contributed by atoms with Gasteiger partial charge in [0.25, 0.3) is 11.2 Å². The molecule has 2 aromatic carbocycles. The quantitative estimate of drug-likeness (QED) is 0.264. The molecule has 0 saturated carbocycles. The Morgan fingerprint density at radius 3 is 2.59 bits per heavy atom. The number of hydrogen-bond acceptors (Lipinski definition) is 9. The number of non-ortho nitro benzene ring substituents is 1. The Morgan fingerprint density at radius 1 is 1.21 bits per heavy atom. The van der Waals surface area contributed by atoms with Crippen molar-refractivity contribution in [1.82, 2.24) is 4.57 Å². The number of rotatable bonds is 6. The summed E-state index contributed by atoms with van der Waals surface area (Å²) in [5.41, 5.74) is 3.54. The molecule has 11 heteroatoms. The van der Waals surface area contributed by atoms with E-state index >= 15 is 0 Å². The van der Waals surface area contributed by atoms with Gasteiger partial charge in [-0.25, -0.2) is 9.79 Å². The third-order valence-corrected chi connectivity index (χ3v) is 7.75. The average Bonchev–Trinajstić information content (AvgIpc) is 3.23. The second-order valence-electron chi connectivity index (χ2n) is 9.31. The fourth-order valence-corrected chi connectivity index (χ4v) is 5.90. The maximum absolute atomic E-state index is 13.9. The van der Waals surface area contributed by atoms with Gasteiger partial charge >= 0.3 is 5.97 Å². The second-order valence-corrected chi connectivity index (χ2v) is 10.3. The fourth-order valence-electron chi connectivity index (χ4n) is 4.86. The molecule has 10 nitrogen and oxygen atoms in total. The first-order chi connectivity index (χ1) is 18.8. The smallest absolute Gasteiger partial charge is 0.338 e. The Labute approximate surface area is 228 Å². The summed E-state index contributed by atoms with van der Waals surface area (Å²) in [7, 11) is 0. The molecular formula is C28H28N4O6S. The SMILES string of the molecule is CCOC(=O)C1=C(C)N=c2sc(=Cc3cc([N+](=O)[O-])ccc3N3CCOCC3)c(=O)n2[C@H]1c1ccc(C)cc1. The number of aromatic nitrogens is 1. The van der Waals surface area contributed by atoms with Crippen LogP contribution < -0.4 is 19.8 Å². The number of carbonyl (C=O) groups is 1. The third-order valence-electron chi connectivity index (χ3n) is 6.77. The Kier molecular flexibility index (Phi) is 7.45. The topological polar surface area (TPSA) is 116 Å². The summed E-state index contributed by atoms with van der Waals surface area (Å²) in [6.45, 7) is 7.99. The number of nitrogens with zero attached hydrogens (tertiary/aromatic N) is 4. The van der Waals surface area contributed by atoms with Crippen molar-refractivity contribution in [2.75, 3.05) is 37.8 Å². The largest absolute Gasteiger partial charge is 0.463 e. The third kappa shape index (κ3) is 5.15. The molecule has 1 atom stereocenters. The number of allylic oxidation sites excluding steroid dienone is 1. The number of anilines is 1. The molecule has 5 rings (SSSR count). The van der Waals surface area contributed by atoms with Gasteiger partial charge in [-0.1, -0.05) is 41.2 Å². The van der Waals surface area contributed by atoms with Crippen molar-refractivity contribution in [1.29, 1.82) is 0 Å². The van der Waals surface area contributed by atoms with E-state index in [1.165, 1.54) is 28.0 Å². The Bertz CT molecular complexity index is 1650. The van der Waals surface area contributed by atoms with Gasteiger partial charge in [0, 0.05) is 36.5 Å². The maximum atomic E-state index is 13.9. The number of aryl methyl sites for hydroxylation is 1. The van der Waals surface area contributed by atoms with Gasteiger partial charge < -0.3 is 14.4 Å². The number of fused-ring (bicyclic) bond motifs is 1. The summed E-state index contributed by atoms with van der Waals surface area (Å²) in [4.78, 5) is 45.3. The van der Waals surface area contributed by atoms with Crippen LogP contribution in [0.15, 0.2) is 63.5 Å². The number of benzene rings is 2. The molecule has 3 heterocycles. The Morgan fingerprint density at radius 2 is 1.92 bits per heavy atom. The zero-order chi connectivity index (χ0) is 27.7. The van der Waals surface area contributed by atoms with Crippen LogP contribution in [-0.4, -0.2) is 48.4 Å². The number of nitro benzene ring substituents is 1. The molecule has 0 unspecified atom stereocenters. The molecule has 3 aromatic rings. The normalized spacial score (nSPS) is 17.6. The van der Waals surface area contributed by atoms with Crippen molar-refractivity contribution in [3.63, 3.8) is 0 Å². The number of ether oxygens (including phenoxy) is 2. The molecule has 2 aliphatic rings. The highest BCUT2D eigenvalue weighted by atomic mass is 32.1. The highest BCUT2D eigenvalue weighted by molar-refractivity contribution is 7.07. The predicted molar refractivity (Wildman–Crippen MR) is 148 cm³/mol. The summed E-state index contributed by atoms with van der Waals surface area (Å²) in [6.07, 6.45) is 1.68. The van der Waals surface area contributed by atoms with Crippen LogP contribution in [0.5, 0.6) is 0 Å². The molecule has 0 N–H and O–H groups in total. The first-order valence-corrected chi connectivity index (χ1v) is 13.5. The minimum atomic E-state index is -0.716. The van der Waals surface area contributed by atoms with Gasteiger partial charge in [-0.3, -0.25) is 19.5 Å². The highest BCUT2D eigenvalue weighted by Crippen LogP contribution is 2.31. The molecule has 0 bridgehead atoms. The minimum Gasteiger partial charge on any atom is -0.463 e. The van der Waals surface area contributed by atoms with E-state index in [2.05, 4.69) is 9.89 Å². The standard InChI is InChI=1S/C28H28N4O6S/c1-4-38-27(34)24-18(3)29-28-31(25(24)19-7-5-17(2)6-8-19)26(33)23(39-28)16-20-15-21(32(35)36)9-10-22(20)30-11-13-37-14-12-30/h5-10,15-16,25H,4,11-14H2,1-3H3/t25-/m0/s1. The van der Waals surface area contributed by atoms with Crippen molar-refractivity contribution in [2.24, 2.45) is 4.99 Å². The van der Waals surface area contributed by atoms with Crippen LogP contribution in [0.25, 0.3) is 6.08 Å². The Balaban J connectivity index is 1.71. The van der Waals surface area contributed by atoms with E-state index in [1.54, 1.807) is 26.0 Å². The molecule has 1 fully saturated rings. The van der Waals surface area contributed by atoms with Crippen molar-refractivity contribution >= 4 is 34.8 Å². The van der Waals surface area contributed by atoms with Crippen LogP contribution in [0.1, 0.15) is 36.6 Å². The van der Waals surface area contributed by atoms with Gasteiger partial charge in [0.1, 0.15) is 0 Å². The lowest BCUT2D eigenvalue weighted by atomic mass is 9.95. The molecule has 0 radical (unpaired) electrons. The first kappa shape index (κ1) is 26.5. The van der Waals surface area contributed by atoms with Gasteiger partial charge in [0.15, 0.2) is 4.80 Å². The van der Waals surface area contributed by atoms with Gasteiger partial charge in [0.05, 0.1) is 46.6 Å². The van der Waals surface area contributed by atoms with Gasteiger partial charge in [-0.2, -0.15) is 0 Å². The number of hydrogen-bond donors (Lipinski definition) is 0. The molecule has 1 saturated heterocycles. The minimum absolute atomic E-state index is 0.0657. The van der Waals surface area contributed by atoms with Gasteiger partial charge in [-0.15, -0.1) is 0 Å². The van der Waals surface area contributed by atoms with E-state index in [1.807, 2.05) is 31.2 Å². The van der Waals surface area contributed by atoms with Crippen LogP contribution in [0, 0.1) is 17.0 Å². The van der Waals surface area contributed by atoms with Gasteiger partial charge in [-0.05, 0) is 38.5 Å². The van der Waals surface area contributed by atoms with E-state index in [0.29, 0.717) is 52.5 Å². The lowest BCUT2D eigenvalue weighted by Gasteiger charge is -2.30. The van der Waals surface area contributed by atoms with Crippen molar-refractivity contribution in [3.8, 4) is 0 Å². The molecule has 0 spiro atoms.